The maximum atomic E-state index is 9.72. The number of benzene rings is 1. The van der Waals surface area contributed by atoms with Crippen molar-refractivity contribution in [2.45, 2.75) is 6.42 Å². The van der Waals surface area contributed by atoms with Crippen molar-refractivity contribution < 1.29 is 4.79 Å². The van der Waals surface area contributed by atoms with Crippen LogP contribution in [-0.4, -0.2) is 6.08 Å². The molecule has 0 fully saturated rings. The molecule has 3 heteroatoms. The van der Waals surface area contributed by atoms with Crippen molar-refractivity contribution >= 4 is 22.0 Å². The summed E-state index contributed by atoms with van der Waals surface area (Å²) in [7, 11) is 0. The van der Waals surface area contributed by atoms with Crippen LogP contribution in [0.25, 0.3) is 0 Å². The molecule has 0 aromatic heterocycles. The summed E-state index contributed by atoms with van der Waals surface area (Å²) in [6.07, 6.45) is 5.48. The Bertz CT molecular complexity index is 354. The Kier molecular flexibility index (Phi) is 4.16. The first-order chi connectivity index (χ1) is 6.33. The SMILES string of the molecule is O=C=N/C=C\Cc1cccc(Br)c1. The molecule has 0 amide bonds. The van der Waals surface area contributed by atoms with E-state index in [1.165, 1.54) is 17.8 Å². The van der Waals surface area contributed by atoms with E-state index in [9.17, 15) is 4.79 Å². The molecule has 13 heavy (non-hydrogen) atoms. The van der Waals surface area contributed by atoms with Crippen LogP contribution in [0.2, 0.25) is 0 Å². The fraction of sp³-hybridized carbons (Fsp3) is 0.100. The summed E-state index contributed by atoms with van der Waals surface area (Å²) in [5.74, 6) is 0. The van der Waals surface area contributed by atoms with Gasteiger partial charge in [-0.15, -0.1) is 0 Å². The van der Waals surface area contributed by atoms with Crippen molar-refractivity contribution in [2.75, 3.05) is 0 Å². The number of allylic oxidation sites excluding steroid dienone is 1. The Labute approximate surface area is 85.1 Å². The predicted molar refractivity (Wildman–Crippen MR) is 55.1 cm³/mol. The van der Waals surface area contributed by atoms with Gasteiger partial charge in [-0.05, 0) is 24.1 Å². The minimum Gasteiger partial charge on any atom is -0.211 e. The summed E-state index contributed by atoms with van der Waals surface area (Å²) in [6, 6.07) is 7.97. The summed E-state index contributed by atoms with van der Waals surface area (Å²) < 4.78 is 1.05. The highest BCUT2D eigenvalue weighted by Gasteiger charge is 1.89. The third-order valence-electron chi connectivity index (χ3n) is 1.48. The zero-order valence-corrected chi connectivity index (χ0v) is 8.49. The minimum atomic E-state index is 0.768. The van der Waals surface area contributed by atoms with Gasteiger partial charge in [-0.25, -0.2) is 4.79 Å². The maximum Gasteiger partial charge on any atom is 0.239 e. The second-order valence-electron chi connectivity index (χ2n) is 2.44. The molecule has 0 aliphatic rings. The molecule has 0 saturated carbocycles. The fourth-order valence-electron chi connectivity index (χ4n) is 0.936. The number of hydrogen-bond donors (Lipinski definition) is 0. The smallest absolute Gasteiger partial charge is 0.211 e. The highest BCUT2D eigenvalue weighted by molar-refractivity contribution is 9.10. The summed E-state index contributed by atoms with van der Waals surface area (Å²) in [5.41, 5.74) is 1.17. The fourth-order valence-corrected chi connectivity index (χ4v) is 1.38. The van der Waals surface area contributed by atoms with Gasteiger partial charge in [-0.2, -0.15) is 4.99 Å². The van der Waals surface area contributed by atoms with E-state index >= 15 is 0 Å². The van der Waals surface area contributed by atoms with Crippen molar-refractivity contribution in [1.29, 1.82) is 0 Å². The molecule has 0 radical (unpaired) electrons. The maximum absolute atomic E-state index is 9.72. The average Bonchev–Trinajstić information content (AvgIpc) is 2.13. The highest BCUT2D eigenvalue weighted by Crippen LogP contribution is 2.12. The first-order valence-corrected chi connectivity index (χ1v) is 4.58. The minimum absolute atomic E-state index is 0.768. The second-order valence-corrected chi connectivity index (χ2v) is 3.35. The van der Waals surface area contributed by atoms with Crippen LogP contribution >= 0.6 is 15.9 Å². The number of hydrogen-bond acceptors (Lipinski definition) is 2. The van der Waals surface area contributed by atoms with Gasteiger partial charge in [0, 0.05) is 10.7 Å². The van der Waals surface area contributed by atoms with E-state index in [0.717, 1.165) is 10.9 Å². The lowest BCUT2D eigenvalue weighted by atomic mass is 10.1. The number of carbonyl (C=O) groups excluding carboxylic acids is 1. The molecule has 0 saturated heterocycles. The van der Waals surface area contributed by atoms with Crippen LogP contribution in [0.5, 0.6) is 0 Å². The molecule has 0 atom stereocenters. The number of nitrogens with zero attached hydrogens (tertiary/aromatic N) is 1. The second kappa shape index (κ2) is 5.46. The van der Waals surface area contributed by atoms with Crippen LogP contribution in [0.15, 0.2) is 46.0 Å². The normalized spacial score (nSPS) is 9.92. The van der Waals surface area contributed by atoms with Gasteiger partial charge in [0.2, 0.25) is 6.08 Å². The number of isocyanates is 1. The van der Waals surface area contributed by atoms with Crippen LogP contribution in [0.1, 0.15) is 5.56 Å². The lowest BCUT2D eigenvalue weighted by molar-refractivity contribution is 0.565. The number of halogens is 1. The molecule has 1 rings (SSSR count). The van der Waals surface area contributed by atoms with Crippen molar-refractivity contribution in [1.82, 2.24) is 0 Å². The standard InChI is InChI=1S/C10H8BrNO/c11-10-5-1-3-9(7-10)4-2-6-12-8-13/h1-3,5-7H,4H2/b6-2-. The summed E-state index contributed by atoms with van der Waals surface area (Å²) in [4.78, 5) is 13.0. The lowest BCUT2D eigenvalue weighted by Crippen LogP contribution is -1.79. The molecule has 0 bridgehead atoms. The van der Waals surface area contributed by atoms with Crippen molar-refractivity contribution in [2.24, 2.45) is 4.99 Å². The zero-order valence-electron chi connectivity index (χ0n) is 6.90. The Morgan fingerprint density at radius 2 is 2.38 bits per heavy atom. The Morgan fingerprint density at radius 3 is 3.08 bits per heavy atom. The van der Waals surface area contributed by atoms with Crippen LogP contribution < -0.4 is 0 Å². The third-order valence-corrected chi connectivity index (χ3v) is 1.97. The van der Waals surface area contributed by atoms with Crippen LogP contribution in [0, 0.1) is 0 Å². The Morgan fingerprint density at radius 1 is 1.54 bits per heavy atom. The predicted octanol–water partition coefficient (Wildman–Crippen LogP) is 2.84. The van der Waals surface area contributed by atoms with E-state index in [0.29, 0.717) is 0 Å². The van der Waals surface area contributed by atoms with Crippen LogP contribution in [0.3, 0.4) is 0 Å². The van der Waals surface area contributed by atoms with Gasteiger partial charge in [-0.1, -0.05) is 34.1 Å². The summed E-state index contributed by atoms with van der Waals surface area (Å²) in [5, 5.41) is 0. The molecule has 0 heterocycles. The Hall–Kier alpha value is -1.18. The highest BCUT2D eigenvalue weighted by atomic mass is 79.9. The van der Waals surface area contributed by atoms with E-state index in [2.05, 4.69) is 20.9 Å². The topological polar surface area (TPSA) is 29.4 Å². The molecule has 0 spiro atoms. The first kappa shape index (κ1) is 9.90. The van der Waals surface area contributed by atoms with Crippen LogP contribution in [-0.2, 0) is 11.2 Å². The quantitative estimate of drug-likeness (QED) is 0.588. The molecule has 0 aliphatic heterocycles. The Balaban J connectivity index is 2.59. The number of aliphatic imine (C=N–C) groups is 1. The van der Waals surface area contributed by atoms with E-state index < -0.39 is 0 Å². The first-order valence-electron chi connectivity index (χ1n) is 3.79. The molecule has 0 unspecified atom stereocenters. The molecule has 2 nitrogen and oxygen atoms in total. The third kappa shape index (κ3) is 3.83. The van der Waals surface area contributed by atoms with Crippen molar-refractivity contribution in [3.63, 3.8) is 0 Å². The van der Waals surface area contributed by atoms with E-state index in [4.69, 9.17) is 0 Å². The van der Waals surface area contributed by atoms with Gasteiger partial charge in [0.25, 0.3) is 0 Å². The largest absolute Gasteiger partial charge is 0.239 e. The summed E-state index contributed by atoms with van der Waals surface area (Å²) >= 11 is 3.37. The number of rotatable bonds is 3. The van der Waals surface area contributed by atoms with Gasteiger partial charge < -0.3 is 0 Å². The van der Waals surface area contributed by atoms with E-state index in [-0.39, 0.29) is 0 Å². The van der Waals surface area contributed by atoms with Gasteiger partial charge >= 0.3 is 0 Å². The van der Waals surface area contributed by atoms with Gasteiger partial charge in [0.05, 0.1) is 0 Å². The molecular formula is C10H8BrNO. The van der Waals surface area contributed by atoms with Gasteiger partial charge in [-0.3, -0.25) is 0 Å². The van der Waals surface area contributed by atoms with E-state index in [1.807, 2.05) is 30.3 Å². The van der Waals surface area contributed by atoms with Crippen molar-refractivity contribution in [3.8, 4) is 0 Å². The van der Waals surface area contributed by atoms with Gasteiger partial charge in [0.1, 0.15) is 0 Å². The molecule has 66 valence electrons. The molecule has 0 N–H and O–H groups in total. The van der Waals surface area contributed by atoms with Crippen molar-refractivity contribution in [3.05, 3.63) is 46.6 Å². The molecule has 1 aromatic rings. The van der Waals surface area contributed by atoms with Crippen LogP contribution in [0.4, 0.5) is 0 Å². The van der Waals surface area contributed by atoms with Gasteiger partial charge in [0.15, 0.2) is 0 Å². The summed E-state index contributed by atoms with van der Waals surface area (Å²) in [6.45, 7) is 0. The van der Waals surface area contributed by atoms with E-state index in [1.54, 1.807) is 0 Å². The molecule has 1 aromatic carbocycles. The molecule has 0 aliphatic carbocycles. The zero-order chi connectivity index (χ0) is 9.52. The monoisotopic (exact) mass is 237 g/mol. The molecular weight excluding hydrogens is 230 g/mol. The average molecular weight is 238 g/mol. The lowest BCUT2D eigenvalue weighted by Gasteiger charge is -1.95.